The molecule has 1 heterocycles. The van der Waals surface area contributed by atoms with Crippen LogP contribution in [0.3, 0.4) is 0 Å². The number of hydrogen-bond acceptors (Lipinski definition) is 5. The highest BCUT2D eigenvalue weighted by atomic mass is 16.5. The second-order valence-corrected chi connectivity index (χ2v) is 3.10. The van der Waals surface area contributed by atoms with E-state index in [1.807, 2.05) is 19.1 Å². The smallest absolute Gasteiger partial charge is 0.325 e. The van der Waals surface area contributed by atoms with Crippen LogP contribution in [0.5, 0.6) is 0 Å². The third-order valence-corrected chi connectivity index (χ3v) is 1.83. The number of esters is 1. The van der Waals surface area contributed by atoms with E-state index in [2.05, 4.69) is 15.6 Å². The Kier molecular flexibility index (Phi) is 5.11. The number of aromatic nitrogens is 1. The standard InChI is InChI=1S/C11H17N3O2/c1-3-12-9-6-5-7-10(14-9)13-8-11(15)16-4-2/h5-7H,3-4,8H2,1-2H3,(H2,12,13,14). The maximum Gasteiger partial charge on any atom is 0.325 e. The highest BCUT2D eigenvalue weighted by Gasteiger charge is 2.02. The van der Waals surface area contributed by atoms with E-state index in [1.165, 1.54) is 0 Å². The van der Waals surface area contributed by atoms with Crippen LogP contribution in [0, 0.1) is 0 Å². The van der Waals surface area contributed by atoms with Gasteiger partial charge in [0.1, 0.15) is 18.2 Å². The lowest BCUT2D eigenvalue weighted by Crippen LogP contribution is -2.17. The van der Waals surface area contributed by atoms with E-state index < -0.39 is 0 Å². The van der Waals surface area contributed by atoms with Gasteiger partial charge >= 0.3 is 5.97 Å². The zero-order chi connectivity index (χ0) is 11.8. The Balaban J connectivity index is 2.47. The first-order chi connectivity index (χ1) is 7.76. The number of anilines is 2. The molecule has 0 spiro atoms. The lowest BCUT2D eigenvalue weighted by Gasteiger charge is -2.07. The summed E-state index contributed by atoms with van der Waals surface area (Å²) in [4.78, 5) is 15.4. The molecule has 16 heavy (non-hydrogen) atoms. The average Bonchev–Trinajstić information content (AvgIpc) is 2.28. The van der Waals surface area contributed by atoms with Crippen LogP contribution < -0.4 is 10.6 Å². The predicted molar refractivity (Wildman–Crippen MR) is 63.5 cm³/mol. The summed E-state index contributed by atoms with van der Waals surface area (Å²) in [5, 5.41) is 6.00. The normalized spacial score (nSPS) is 9.62. The number of rotatable bonds is 6. The third kappa shape index (κ3) is 4.16. The number of pyridine rings is 1. The van der Waals surface area contributed by atoms with Crippen molar-refractivity contribution in [3.8, 4) is 0 Å². The van der Waals surface area contributed by atoms with Gasteiger partial charge in [-0.25, -0.2) is 4.98 Å². The zero-order valence-electron chi connectivity index (χ0n) is 9.62. The summed E-state index contributed by atoms with van der Waals surface area (Å²) in [6.07, 6.45) is 0. The van der Waals surface area contributed by atoms with Crippen LogP contribution in [0.4, 0.5) is 11.6 Å². The summed E-state index contributed by atoms with van der Waals surface area (Å²) >= 11 is 0. The van der Waals surface area contributed by atoms with Gasteiger partial charge in [-0.05, 0) is 26.0 Å². The molecule has 0 fully saturated rings. The molecule has 1 aromatic heterocycles. The van der Waals surface area contributed by atoms with Gasteiger partial charge in [-0.2, -0.15) is 0 Å². The van der Waals surface area contributed by atoms with Gasteiger partial charge in [0.05, 0.1) is 6.61 Å². The summed E-state index contributed by atoms with van der Waals surface area (Å²) in [7, 11) is 0. The topological polar surface area (TPSA) is 63.2 Å². The maximum atomic E-state index is 11.1. The first kappa shape index (κ1) is 12.3. The van der Waals surface area contributed by atoms with Crippen molar-refractivity contribution in [3.05, 3.63) is 18.2 Å². The van der Waals surface area contributed by atoms with E-state index in [0.29, 0.717) is 12.4 Å². The van der Waals surface area contributed by atoms with Gasteiger partial charge in [-0.1, -0.05) is 6.07 Å². The predicted octanol–water partition coefficient (Wildman–Crippen LogP) is 1.49. The molecule has 0 atom stereocenters. The second-order valence-electron chi connectivity index (χ2n) is 3.10. The molecule has 0 unspecified atom stereocenters. The first-order valence-corrected chi connectivity index (χ1v) is 5.36. The molecule has 88 valence electrons. The number of ether oxygens (including phenoxy) is 1. The highest BCUT2D eigenvalue weighted by molar-refractivity contribution is 5.74. The first-order valence-electron chi connectivity index (χ1n) is 5.36. The molecule has 0 saturated heterocycles. The molecular weight excluding hydrogens is 206 g/mol. The van der Waals surface area contributed by atoms with Crippen molar-refractivity contribution in [2.75, 3.05) is 30.3 Å². The highest BCUT2D eigenvalue weighted by Crippen LogP contribution is 2.08. The minimum absolute atomic E-state index is 0.135. The van der Waals surface area contributed by atoms with Crippen molar-refractivity contribution in [2.45, 2.75) is 13.8 Å². The van der Waals surface area contributed by atoms with Crippen molar-refractivity contribution in [3.63, 3.8) is 0 Å². The van der Waals surface area contributed by atoms with Gasteiger partial charge in [0.15, 0.2) is 0 Å². The number of nitrogens with one attached hydrogen (secondary N) is 2. The fourth-order valence-electron chi connectivity index (χ4n) is 1.19. The minimum atomic E-state index is -0.279. The molecule has 0 aromatic carbocycles. The molecule has 0 aliphatic rings. The van der Waals surface area contributed by atoms with Gasteiger partial charge in [0, 0.05) is 6.54 Å². The molecule has 5 nitrogen and oxygen atoms in total. The molecule has 0 bridgehead atoms. The summed E-state index contributed by atoms with van der Waals surface area (Å²) in [6, 6.07) is 5.55. The molecule has 5 heteroatoms. The molecule has 0 aliphatic heterocycles. The van der Waals surface area contributed by atoms with Crippen LogP contribution in [-0.4, -0.2) is 30.6 Å². The van der Waals surface area contributed by atoms with E-state index in [-0.39, 0.29) is 12.5 Å². The van der Waals surface area contributed by atoms with E-state index in [0.717, 1.165) is 12.4 Å². The SMILES string of the molecule is CCNc1cccc(NCC(=O)OCC)n1. The Morgan fingerprint density at radius 2 is 2.00 bits per heavy atom. The van der Waals surface area contributed by atoms with Crippen LogP contribution in [-0.2, 0) is 9.53 Å². The fourth-order valence-corrected chi connectivity index (χ4v) is 1.19. The minimum Gasteiger partial charge on any atom is -0.465 e. The second kappa shape index (κ2) is 6.66. The molecule has 0 amide bonds. The fraction of sp³-hybridized carbons (Fsp3) is 0.455. The number of hydrogen-bond donors (Lipinski definition) is 2. The van der Waals surface area contributed by atoms with E-state index >= 15 is 0 Å². The van der Waals surface area contributed by atoms with Crippen molar-refractivity contribution in [2.24, 2.45) is 0 Å². The molecule has 0 aliphatic carbocycles. The van der Waals surface area contributed by atoms with Crippen molar-refractivity contribution in [1.82, 2.24) is 4.98 Å². The lowest BCUT2D eigenvalue weighted by atomic mass is 10.4. The third-order valence-electron chi connectivity index (χ3n) is 1.83. The Bertz CT molecular complexity index is 342. The van der Waals surface area contributed by atoms with E-state index in [9.17, 15) is 4.79 Å². The van der Waals surface area contributed by atoms with Crippen LogP contribution in [0.1, 0.15) is 13.8 Å². The maximum absolute atomic E-state index is 11.1. The Morgan fingerprint density at radius 1 is 1.31 bits per heavy atom. The molecule has 1 aromatic rings. The zero-order valence-corrected chi connectivity index (χ0v) is 9.62. The lowest BCUT2D eigenvalue weighted by molar-refractivity contribution is -0.140. The van der Waals surface area contributed by atoms with Crippen molar-refractivity contribution >= 4 is 17.6 Å². The van der Waals surface area contributed by atoms with Crippen LogP contribution in [0.25, 0.3) is 0 Å². The van der Waals surface area contributed by atoms with Crippen molar-refractivity contribution < 1.29 is 9.53 Å². The Labute approximate surface area is 95.2 Å². The van der Waals surface area contributed by atoms with Crippen LogP contribution in [0.2, 0.25) is 0 Å². The van der Waals surface area contributed by atoms with Gasteiger partial charge in [-0.3, -0.25) is 4.79 Å². The summed E-state index contributed by atoms with van der Waals surface area (Å²) in [5.41, 5.74) is 0. The molecule has 1 rings (SSSR count). The number of carbonyl (C=O) groups is 1. The summed E-state index contributed by atoms with van der Waals surface area (Å²) < 4.78 is 4.80. The van der Waals surface area contributed by atoms with Gasteiger partial charge < -0.3 is 15.4 Å². The quantitative estimate of drug-likeness (QED) is 0.715. The Hall–Kier alpha value is -1.78. The largest absolute Gasteiger partial charge is 0.465 e. The van der Waals surface area contributed by atoms with E-state index in [4.69, 9.17) is 4.74 Å². The van der Waals surface area contributed by atoms with Crippen molar-refractivity contribution in [1.29, 1.82) is 0 Å². The summed E-state index contributed by atoms with van der Waals surface area (Å²) in [6.45, 7) is 5.12. The van der Waals surface area contributed by atoms with E-state index in [1.54, 1.807) is 13.0 Å². The molecule has 2 N–H and O–H groups in total. The van der Waals surface area contributed by atoms with Gasteiger partial charge in [0.25, 0.3) is 0 Å². The molecular formula is C11H17N3O2. The van der Waals surface area contributed by atoms with Gasteiger partial charge in [-0.15, -0.1) is 0 Å². The average molecular weight is 223 g/mol. The number of carbonyl (C=O) groups excluding carboxylic acids is 1. The van der Waals surface area contributed by atoms with Crippen LogP contribution in [0.15, 0.2) is 18.2 Å². The monoisotopic (exact) mass is 223 g/mol. The molecule has 0 radical (unpaired) electrons. The van der Waals surface area contributed by atoms with Crippen LogP contribution >= 0.6 is 0 Å². The summed E-state index contributed by atoms with van der Waals surface area (Å²) in [5.74, 6) is 1.17. The van der Waals surface area contributed by atoms with Gasteiger partial charge in [0.2, 0.25) is 0 Å². The number of nitrogens with zero attached hydrogens (tertiary/aromatic N) is 1. The molecule has 0 saturated carbocycles. The Morgan fingerprint density at radius 3 is 2.62 bits per heavy atom.